The molecule has 3 aromatic rings. The molecule has 8 nitrogen and oxygen atoms in total. The van der Waals surface area contributed by atoms with Gasteiger partial charge in [-0.3, -0.25) is 18.6 Å². The fourth-order valence-corrected chi connectivity index (χ4v) is 2.94. The maximum Gasteiger partial charge on any atom is 0.295 e. The minimum atomic E-state index is -1.07. The van der Waals surface area contributed by atoms with Crippen LogP contribution in [0.1, 0.15) is 10.5 Å². The Morgan fingerprint density at radius 2 is 2.18 bits per heavy atom. The summed E-state index contributed by atoms with van der Waals surface area (Å²) in [6.45, 7) is 3.35. The van der Waals surface area contributed by atoms with E-state index in [0.717, 1.165) is 5.56 Å². The molecule has 9 heteroatoms. The van der Waals surface area contributed by atoms with Crippen molar-refractivity contribution in [1.29, 1.82) is 0 Å². The van der Waals surface area contributed by atoms with Crippen LogP contribution in [0.5, 0.6) is 0 Å². The van der Waals surface area contributed by atoms with Gasteiger partial charge in [0.1, 0.15) is 5.69 Å². The van der Waals surface area contributed by atoms with Crippen molar-refractivity contribution in [3.8, 4) is 11.3 Å². The van der Waals surface area contributed by atoms with Crippen LogP contribution in [-0.2, 0) is 6.54 Å². The van der Waals surface area contributed by atoms with E-state index in [-0.39, 0.29) is 30.0 Å². The van der Waals surface area contributed by atoms with Gasteiger partial charge in [0.05, 0.1) is 18.4 Å². The van der Waals surface area contributed by atoms with Gasteiger partial charge in [-0.25, -0.2) is 4.98 Å². The molecule has 3 rings (SSSR count). The van der Waals surface area contributed by atoms with E-state index in [1.54, 1.807) is 30.5 Å². The number of hydrogen-bond donors (Lipinski definition) is 3. The third-order valence-corrected chi connectivity index (χ3v) is 4.33. The Balaban J connectivity index is 2.08. The maximum atomic E-state index is 12.9. The Labute approximate surface area is 165 Å². The predicted octanol–water partition coefficient (Wildman–Crippen LogP) is 1.09. The second-order valence-electron chi connectivity index (χ2n) is 6.13. The zero-order valence-corrected chi connectivity index (χ0v) is 15.6. The summed E-state index contributed by atoms with van der Waals surface area (Å²) in [6.07, 6.45) is 3.65. The number of aliphatic hydroxyl groups is 2. The van der Waals surface area contributed by atoms with Gasteiger partial charge >= 0.3 is 0 Å². The summed E-state index contributed by atoms with van der Waals surface area (Å²) < 4.78 is 2.98. The lowest BCUT2D eigenvalue weighted by Gasteiger charge is -2.12. The largest absolute Gasteiger partial charge is 0.394 e. The number of nitrogens with zero attached hydrogens (tertiary/aromatic N) is 3. The molecule has 1 amide bonds. The van der Waals surface area contributed by atoms with Crippen LogP contribution >= 0.6 is 11.6 Å². The van der Waals surface area contributed by atoms with Gasteiger partial charge in [-0.15, -0.1) is 6.58 Å². The van der Waals surface area contributed by atoms with E-state index < -0.39 is 18.6 Å². The van der Waals surface area contributed by atoms with Crippen LogP contribution < -0.4 is 10.9 Å². The zero-order chi connectivity index (χ0) is 20.3. The zero-order valence-electron chi connectivity index (χ0n) is 14.9. The molecule has 1 atom stereocenters. The molecule has 2 aromatic heterocycles. The second-order valence-corrected chi connectivity index (χ2v) is 6.57. The number of carbonyl (C=O) groups is 1. The van der Waals surface area contributed by atoms with Crippen LogP contribution in [0.2, 0.25) is 5.02 Å². The van der Waals surface area contributed by atoms with Gasteiger partial charge in [0.15, 0.2) is 0 Å². The van der Waals surface area contributed by atoms with E-state index >= 15 is 0 Å². The van der Waals surface area contributed by atoms with Gasteiger partial charge in [0, 0.05) is 36.1 Å². The quantitative estimate of drug-likeness (QED) is 0.512. The molecule has 0 saturated carbocycles. The number of benzene rings is 1. The number of imidazole rings is 1. The Morgan fingerprint density at radius 3 is 2.86 bits per heavy atom. The van der Waals surface area contributed by atoms with Crippen molar-refractivity contribution in [3.63, 3.8) is 0 Å². The molecular formula is C19H19ClN4O4. The first-order chi connectivity index (χ1) is 13.4. The summed E-state index contributed by atoms with van der Waals surface area (Å²) in [7, 11) is 0. The normalized spacial score (nSPS) is 12.1. The Morgan fingerprint density at radius 1 is 1.39 bits per heavy atom. The first-order valence-corrected chi connectivity index (χ1v) is 8.89. The number of rotatable bonds is 7. The average molecular weight is 403 g/mol. The fourth-order valence-electron chi connectivity index (χ4n) is 2.75. The Kier molecular flexibility index (Phi) is 5.93. The van der Waals surface area contributed by atoms with E-state index in [9.17, 15) is 14.7 Å². The standard InChI is InChI=1S/C19H19ClN4O4/c1-2-6-24-16(12-4-3-5-13(20)7-12)10-23-9-15(22-17(23)19(24)28)18(27)21-8-14(26)11-25/h2-5,7,9-10,14,25-26H,1,6,8,11H2,(H,21,27)/t14-/m0/s1. The summed E-state index contributed by atoms with van der Waals surface area (Å²) in [5, 5.41) is 21.2. The first-order valence-electron chi connectivity index (χ1n) is 8.51. The van der Waals surface area contributed by atoms with Gasteiger partial charge < -0.3 is 15.5 Å². The second kappa shape index (κ2) is 8.39. The molecule has 0 aliphatic heterocycles. The Bertz CT molecular complexity index is 1090. The van der Waals surface area contributed by atoms with Crippen molar-refractivity contribution in [2.75, 3.05) is 13.2 Å². The van der Waals surface area contributed by atoms with Crippen molar-refractivity contribution in [3.05, 3.63) is 70.4 Å². The van der Waals surface area contributed by atoms with E-state index in [1.165, 1.54) is 15.2 Å². The number of aliphatic hydroxyl groups excluding tert-OH is 2. The van der Waals surface area contributed by atoms with E-state index in [2.05, 4.69) is 16.9 Å². The third-order valence-electron chi connectivity index (χ3n) is 4.09. The highest BCUT2D eigenvalue weighted by Gasteiger charge is 2.17. The van der Waals surface area contributed by atoms with Gasteiger partial charge in [-0.05, 0) is 12.1 Å². The van der Waals surface area contributed by atoms with Gasteiger partial charge in [-0.1, -0.05) is 29.8 Å². The summed E-state index contributed by atoms with van der Waals surface area (Å²) in [5.41, 5.74) is 1.06. The highest BCUT2D eigenvalue weighted by atomic mass is 35.5. The number of aromatic nitrogens is 3. The highest BCUT2D eigenvalue weighted by Crippen LogP contribution is 2.22. The van der Waals surface area contributed by atoms with Crippen molar-refractivity contribution >= 4 is 23.2 Å². The number of halogens is 1. The first kappa shape index (κ1) is 19.8. The maximum absolute atomic E-state index is 12.9. The minimum absolute atomic E-state index is 0.0237. The molecule has 0 radical (unpaired) electrons. The molecule has 28 heavy (non-hydrogen) atoms. The number of amides is 1. The summed E-state index contributed by atoms with van der Waals surface area (Å²) in [6, 6.07) is 7.08. The number of hydrogen-bond acceptors (Lipinski definition) is 5. The molecule has 0 fully saturated rings. The molecule has 1 aromatic carbocycles. The molecule has 0 aliphatic carbocycles. The fraction of sp³-hybridized carbons (Fsp3) is 0.211. The molecule has 2 heterocycles. The Hall–Kier alpha value is -2.94. The molecule has 0 bridgehead atoms. The van der Waals surface area contributed by atoms with Gasteiger partial charge in [0.2, 0.25) is 5.65 Å². The van der Waals surface area contributed by atoms with Crippen LogP contribution in [-0.4, -0.2) is 49.3 Å². The SMILES string of the molecule is C=CCn1c(-c2cccc(Cl)c2)cn2cc(C(=O)NC[C@H](O)CO)nc2c1=O. The van der Waals surface area contributed by atoms with Crippen LogP contribution in [0, 0.1) is 0 Å². The lowest BCUT2D eigenvalue weighted by molar-refractivity contribution is 0.0799. The summed E-state index contributed by atoms with van der Waals surface area (Å²) >= 11 is 6.08. The topological polar surface area (TPSA) is 109 Å². The summed E-state index contributed by atoms with van der Waals surface area (Å²) in [4.78, 5) is 29.3. The number of nitrogens with one attached hydrogen (secondary N) is 1. The lowest BCUT2D eigenvalue weighted by Crippen LogP contribution is -2.34. The smallest absolute Gasteiger partial charge is 0.295 e. The van der Waals surface area contributed by atoms with Crippen LogP contribution in [0.3, 0.4) is 0 Å². The van der Waals surface area contributed by atoms with Crippen molar-refractivity contribution < 1.29 is 15.0 Å². The van der Waals surface area contributed by atoms with E-state index in [0.29, 0.717) is 10.7 Å². The molecule has 0 spiro atoms. The minimum Gasteiger partial charge on any atom is -0.394 e. The lowest BCUT2D eigenvalue weighted by atomic mass is 10.1. The summed E-state index contributed by atoms with van der Waals surface area (Å²) in [5.74, 6) is -0.560. The highest BCUT2D eigenvalue weighted by molar-refractivity contribution is 6.30. The van der Waals surface area contributed by atoms with Crippen molar-refractivity contribution in [2.45, 2.75) is 12.6 Å². The van der Waals surface area contributed by atoms with Crippen LogP contribution in [0.4, 0.5) is 0 Å². The van der Waals surface area contributed by atoms with E-state index in [4.69, 9.17) is 16.7 Å². The molecule has 0 unspecified atom stereocenters. The monoisotopic (exact) mass is 402 g/mol. The molecule has 0 saturated heterocycles. The molecule has 0 aliphatic rings. The van der Waals surface area contributed by atoms with Crippen molar-refractivity contribution in [2.24, 2.45) is 0 Å². The molecular weight excluding hydrogens is 384 g/mol. The predicted molar refractivity (Wildman–Crippen MR) is 106 cm³/mol. The number of carbonyl (C=O) groups excluding carboxylic acids is 1. The van der Waals surface area contributed by atoms with Crippen LogP contribution in [0.15, 0.2) is 54.1 Å². The van der Waals surface area contributed by atoms with E-state index in [1.807, 2.05) is 6.07 Å². The van der Waals surface area contributed by atoms with Gasteiger partial charge in [0.25, 0.3) is 11.5 Å². The molecule has 3 N–H and O–H groups in total. The number of fused-ring (bicyclic) bond motifs is 1. The number of allylic oxidation sites excluding steroid dienone is 1. The van der Waals surface area contributed by atoms with Crippen molar-refractivity contribution in [1.82, 2.24) is 19.3 Å². The average Bonchev–Trinajstić information content (AvgIpc) is 3.12. The third kappa shape index (κ3) is 3.99. The van der Waals surface area contributed by atoms with Gasteiger partial charge in [-0.2, -0.15) is 0 Å². The molecule has 146 valence electrons. The van der Waals surface area contributed by atoms with Crippen LogP contribution in [0.25, 0.3) is 16.9 Å².